The number of hydrogen-bond acceptors (Lipinski definition) is 5. The van der Waals surface area contributed by atoms with Crippen molar-refractivity contribution in [1.29, 1.82) is 5.26 Å². The number of nitrogens with zero attached hydrogens (tertiary/aromatic N) is 4. The summed E-state index contributed by atoms with van der Waals surface area (Å²) in [5.41, 5.74) is 0.359. The van der Waals surface area contributed by atoms with Crippen LogP contribution < -0.4 is 10.2 Å². The van der Waals surface area contributed by atoms with Gasteiger partial charge in [0.05, 0.1) is 12.2 Å². The van der Waals surface area contributed by atoms with Crippen molar-refractivity contribution in [3.05, 3.63) is 48.2 Å². The van der Waals surface area contributed by atoms with Gasteiger partial charge < -0.3 is 5.32 Å². The van der Waals surface area contributed by atoms with Crippen molar-refractivity contribution >= 4 is 17.4 Å². The number of rotatable bonds is 5. The Hall–Kier alpha value is -2.85. The third kappa shape index (κ3) is 5.33. The zero-order valence-corrected chi connectivity index (χ0v) is 14.5. The van der Waals surface area contributed by atoms with E-state index in [1.807, 2.05) is 6.07 Å². The Morgan fingerprint density at radius 2 is 2.12 bits per heavy atom. The molecule has 0 atom stereocenters. The number of aromatic nitrogens is 2. The second-order valence-corrected chi connectivity index (χ2v) is 6.72. The number of hydrogen-bond donors (Lipinski definition) is 1. The van der Waals surface area contributed by atoms with Crippen LogP contribution in [0.3, 0.4) is 0 Å². The maximum Gasteiger partial charge on any atom is 0.246 e. The second-order valence-electron chi connectivity index (χ2n) is 6.72. The van der Waals surface area contributed by atoms with Crippen LogP contribution in [-0.4, -0.2) is 29.0 Å². The second kappa shape index (κ2) is 7.81. The molecule has 1 heterocycles. The van der Waals surface area contributed by atoms with Gasteiger partial charge in [0.1, 0.15) is 17.7 Å². The average Bonchev–Trinajstić information content (AvgIpc) is 2.54. The van der Waals surface area contributed by atoms with E-state index < -0.39 is 5.82 Å². The first-order valence-corrected chi connectivity index (χ1v) is 7.82. The molecule has 25 heavy (non-hydrogen) atoms. The first-order chi connectivity index (χ1) is 11.8. The Labute approximate surface area is 146 Å². The average molecular weight is 341 g/mol. The minimum absolute atomic E-state index is 0.0207. The van der Waals surface area contributed by atoms with Crippen LogP contribution in [0.15, 0.2) is 36.5 Å². The molecule has 0 aliphatic heterocycles. The smallest absolute Gasteiger partial charge is 0.246 e. The summed E-state index contributed by atoms with van der Waals surface area (Å²) in [6.45, 7) is 6.86. The number of halogens is 1. The molecule has 0 bridgehead atoms. The maximum atomic E-state index is 13.6. The molecule has 0 spiro atoms. The minimum Gasteiger partial charge on any atom is -0.308 e. The van der Waals surface area contributed by atoms with Crippen molar-refractivity contribution in [2.75, 3.05) is 18.0 Å². The predicted molar refractivity (Wildman–Crippen MR) is 92.6 cm³/mol. The monoisotopic (exact) mass is 341 g/mol. The Balaban J connectivity index is 2.32. The molecule has 1 amide bonds. The van der Waals surface area contributed by atoms with Gasteiger partial charge in [-0.3, -0.25) is 9.69 Å². The van der Waals surface area contributed by atoms with E-state index in [2.05, 4.69) is 36.1 Å². The largest absolute Gasteiger partial charge is 0.308 e. The molecular weight excluding hydrogens is 321 g/mol. The molecule has 130 valence electrons. The molecule has 0 saturated carbocycles. The van der Waals surface area contributed by atoms with Gasteiger partial charge in [0, 0.05) is 12.7 Å². The number of carbonyl (C=O) groups excluding carboxylic acids is 1. The summed E-state index contributed by atoms with van der Waals surface area (Å²) < 4.78 is 13.6. The fourth-order valence-electron chi connectivity index (χ4n) is 2.17. The molecule has 2 rings (SSSR count). The molecule has 0 unspecified atom stereocenters. The minimum atomic E-state index is -0.465. The summed E-state index contributed by atoms with van der Waals surface area (Å²) in [5, 5.41) is 12.1. The van der Waals surface area contributed by atoms with Gasteiger partial charge in [-0.25, -0.2) is 14.4 Å². The molecule has 0 saturated heterocycles. The van der Waals surface area contributed by atoms with E-state index in [-0.39, 0.29) is 29.5 Å². The lowest BCUT2D eigenvalue weighted by molar-refractivity contribution is -0.117. The number of nitrogens with one attached hydrogen (secondary N) is 1. The predicted octanol–water partition coefficient (Wildman–Crippen LogP) is 2.79. The summed E-state index contributed by atoms with van der Waals surface area (Å²) in [4.78, 5) is 21.9. The van der Waals surface area contributed by atoms with E-state index in [1.54, 1.807) is 6.07 Å². The Morgan fingerprint density at radius 1 is 1.36 bits per heavy atom. The van der Waals surface area contributed by atoms with Gasteiger partial charge in [-0.15, -0.1) is 0 Å². The highest BCUT2D eigenvalue weighted by molar-refractivity contribution is 6.00. The van der Waals surface area contributed by atoms with Crippen molar-refractivity contribution < 1.29 is 9.18 Å². The van der Waals surface area contributed by atoms with E-state index in [9.17, 15) is 9.18 Å². The normalized spacial score (nSPS) is 11.0. The first kappa shape index (κ1) is 18.5. The fourth-order valence-corrected chi connectivity index (χ4v) is 2.17. The fraction of sp³-hybridized carbons (Fsp3) is 0.333. The summed E-state index contributed by atoms with van der Waals surface area (Å²) in [7, 11) is 0. The Bertz CT molecular complexity index is 795. The van der Waals surface area contributed by atoms with Gasteiger partial charge >= 0.3 is 0 Å². The van der Waals surface area contributed by atoms with Crippen molar-refractivity contribution in [3.8, 4) is 6.07 Å². The molecule has 1 aromatic heterocycles. The van der Waals surface area contributed by atoms with Gasteiger partial charge in [0.15, 0.2) is 0 Å². The standard InChI is InChI=1S/C18H20FN5O/c1-18(2,3)12-21-11-17(25)24(14-6-4-5-13(19)9-14)16-7-8-22-15(10-20)23-16/h4-9,21H,11-12H2,1-3H3. The Kier molecular flexibility index (Phi) is 5.78. The summed E-state index contributed by atoms with van der Waals surface area (Å²) in [6.07, 6.45) is 1.39. The summed E-state index contributed by atoms with van der Waals surface area (Å²) in [5.74, 6) is -0.612. The van der Waals surface area contributed by atoms with Gasteiger partial charge in [0.2, 0.25) is 11.7 Å². The van der Waals surface area contributed by atoms with E-state index in [4.69, 9.17) is 5.26 Å². The molecule has 0 radical (unpaired) electrons. The lowest BCUT2D eigenvalue weighted by Gasteiger charge is -2.24. The van der Waals surface area contributed by atoms with Gasteiger partial charge in [0.25, 0.3) is 0 Å². The number of benzene rings is 1. The molecule has 2 aromatic rings. The zero-order chi connectivity index (χ0) is 18.4. The first-order valence-electron chi connectivity index (χ1n) is 7.82. The number of anilines is 2. The van der Waals surface area contributed by atoms with Gasteiger partial charge in [-0.05, 0) is 29.7 Å². The van der Waals surface area contributed by atoms with Crippen molar-refractivity contribution in [3.63, 3.8) is 0 Å². The summed E-state index contributed by atoms with van der Waals surface area (Å²) in [6, 6.07) is 9.01. The lowest BCUT2D eigenvalue weighted by Crippen LogP contribution is -2.38. The quantitative estimate of drug-likeness (QED) is 0.904. The van der Waals surface area contributed by atoms with E-state index in [0.717, 1.165) is 0 Å². The molecule has 0 aliphatic rings. The van der Waals surface area contributed by atoms with E-state index in [0.29, 0.717) is 12.2 Å². The molecule has 0 aliphatic carbocycles. The highest BCUT2D eigenvalue weighted by atomic mass is 19.1. The molecule has 7 heteroatoms. The number of amides is 1. The van der Waals surface area contributed by atoms with Crippen LogP contribution in [0.4, 0.5) is 15.9 Å². The Morgan fingerprint density at radius 3 is 2.76 bits per heavy atom. The maximum absolute atomic E-state index is 13.6. The van der Waals surface area contributed by atoms with Crippen LogP contribution in [0.2, 0.25) is 0 Å². The molecular formula is C18H20FN5O. The van der Waals surface area contributed by atoms with Crippen LogP contribution in [0.5, 0.6) is 0 Å². The third-order valence-electron chi connectivity index (χ3n) is 3.22. The zero-order valence-electron chi connectivity index (χ0n) is 14.5. The van der Waals surface area contributed by atoms with Gasteiger partial charge in [-0.1, -0.05) is 26.8 Å². The van der Waals surface area contributed by atoms with Crippen LogP contribution >= 0.6 is 0 Å². The lowest BCUT2D eigenvalue weighted by atomic mass is 9.97. The molecule has 0 fully saturated rings. The van der Waals surface area contributed by atoms with Crippen LogP contribution in [0, 0.1) is 22.6 Å². The SMILES string of the molecule is CC(C)(C)CNCC(=O)N(c1cccc(F)c1)c1ccnc(C#N)n1. The molecule has 6 nitrogen and oxygen atoms in total. The highest BCUT2D eigenvalue weighted by Crippen LogP contribution is 2.24. The van der Waals surface area contributed by atoms with Crippen molar-refractivity contribution in [1.82, 2.24) is 15.3 Å². The molecule has 1 aromatic carbocycles. The van der Waals surface area contributed by atoms with Crippen LogP contribution in [0.1, 0.15) is 26.6 Å². The van der Waals surface area contributed by atoms with E-state index in [1.165, 1.54) is 35.4 Å². The third-order valence-corrected chi connectivity index (χ3v) is 3.22. The number of carbonyl (C=O) groups is 1. The van der Waals surface area contributed by atoms with Crippen LogP contribution in [-0.2, 0) is 4.79 Å². The topological polar surface area (TPSA) is 81.9 Å². The number of nitriles is 1. The van der Waals surface area contributed by atoms with E-state index >= 15 is 0 Å². The van der Waals surface area contributed by atoms with Crippen LogP contribution in [0.25, 0.3) is 0 Å². The van der Waals surface area contributed by atoms with Crippen molar-refractivity contribution in [2.45, 2.75) is 20.8 Å². The van der Waals surface area contributed by atoms with Crippen molar-refractivity contribution in [2.24, 2.45) is 5.41 Å². The summed E-state index contributed by atoms with van der Waals surface area (Å²) >= 11 is 0. The molecule has 1 N–H and O–H groups in total. The highest BCUT2D eigenvalue weighted by Gasteiger charge is 2.21. The van der Waals surface area contributed by atoms with Gasteiger partial charge in [-0.2, -0.15) is 5.26 Å².